The third-order valence-corrected chi connectivity index (χ3v) is 7.97. The quantitative estimate of drug-likeness (QED) is 0.456. The van der Waals surface area contributed by atoms with Gasteiger partial charge in [-0.3, -0.25) is 19.3 Å². The van der Waals surface area contributed by atoms with E-state index < -0.39 is 45.7 Å². The molecule has 0 radical (unpaired) electrons. The largest absolute Gasteiger partial charge is 0.350 e. The van der Waals surface area contributed by atoms with Crippen LogP contribution in [0.15, 0.2) is 29.3 Å². The lowest BCUT2D eigenvalue weighted by Gasteiger charge is -2.42. The van der Waals surface area contributed by atoms with Gasteiger partial charge < -0.3 is 5.32 Å². The van der Waals surface area contributed by atoms with E-state index in [-0.39, 0.29) is 18.9 Å². The van der Waals surface area contributed by atoms with E-state index in [1.54, 1.807) is 0 Å². The summed E-state index contributed by atoms with van der Waals surface area (Å²) in [5.41, 5.74) is 0.611. The number of nitrogens with one attached hydrogen (secondary N) is 1. The van der Waals surface area contributed by atoms with Crippen molar-refractivity contribution in [1.29, 1.82) is 0 Å². The second kappa shape index (κ2) is 8.68. The van der Waals surface area contributed by atoms with Crippen LogP contribution in [0.4, 0.5) is 4.39 Å². The van der Waals surface area contributed by atoms with Crippen LogP contribution in [0.1, 0.15) is 24.8 Å². The molecule has 2 amide bonds. The molecule has 1 aromatic carbocycles. The number of carbonyl (C=O) groups excluding carboxylic acids is 3. The van der Waals surface area contributed by atoms with Crippen molar-refractivity contribution in [1.82, 2.24) is 18.8 Å². The summed E-state index contributed by atoms with van der Waals surface area (Å²) in [7, 11) is -2.31. The molecule has 2 unspecified atom stereocenters. The van der Waals surface area contributed by atoms with E-state index in [0.29, 0.717) is 31.5 Å². The number of hydrogen-bond acceptors (Lipinski definition) is 6. The molecule has 10 nitrogen and oxygen atoms in total. The molecule has 2 atom stereocenters. The molecular formula is C20H24FN5O5S. The van der Waals surface area contributed by atoms with E-state index in [1.807, 2.05) is 0 Å². The molecule has 2 fully saturated rings. The molecule has 3 aliphatic heterocycles. The lowest BCUT2D eigenvalue weighted by Crippen LogP contribution is -2.63. The number of rotatable bonds is 6. The van der Waals surface area contributed by atoms with E-state index in [1.165, 1.54) is 44.8 Å². The highest BCUT2D eigenvalue weighted by atomic mass is 32.2. The highest BCUT2D eigenvalue weighted by molar-refractivity contribution is 7.86. The normalized spacial score (nSPS) is 24.1. The summed E-state index contributed by atoms with van der Waals surface area (Å²) in [5.74, 6) is -2.89. The van der Waals surface area contributed by atoms with Crippen LogP contribution in [-0.4, -0.2) is 84.1 Å². The maximum absolute atomic E-state index is 13.0. The number of fused-ring (bicyclic) bond motifs is 1. The first kappa shape index (κ1) is 22.5. The second-order valence-electron chi connectivity index (χ2n) is 7.99. The molecule has 32 heavy (non-hydrogen) atoms. The van der Waals surface area contributed by atoms with E-state index in [0.717, 1.165) is 6.42 Å². The van der Waals surface area contributed by atoms with Gasteiger partial charge in [0.15, 0.2) is 6.04 Å². The van der Waals surface area contributed by atoms with Crippen molar-refractivity contribution >= 4 is 33.6 Å². The van der Waals surface area contributed by atoms with E-state index >= 15 is 0 Å². The number of piperidine rings is 1. The Labute approximate surface area is 185 Å². The Hall–Kier alpha value is -2.70. The van der Waals surface area contributed by atoms with Gasteiger partial charge in [0.25, 0.3) is 27.8 Å². The lowest BCUT2D eigenvalue weighted by atomic mass is 9.99. The van der Waals surface area contributed by atoms with Gasteiger partial charge in [0, 0.05) is 33.2 Å². The molecule has 0 aliphatic carbocycles. The zero-order valence-corrected chi connectivity index (χ0v) is 18.3. The number of amides is 2. The third kappa shape index (κ3) is 4.05. The van der Waals surface area contributed by atoms with Gasteiger partial charge in [-0.25, -0.2) is 9.38 Å². The fourth-order valence-corrected chi connectivity index (χ4v) is 5.54. The molecule has 3 aliphatic rings. The Morgan fingerprint density at radius 3 is 2.50 bits per heavy atom. The number of ketones is 1. The van der Waals surface area contributed by atoms with Crippen LogP contribution in [0.2, 0.25) is 0 Å². The third-order valence-electron chi connectivity index (χ3n) is 5.97. The molecule has 0 bridgehead atoms. The number of amidine groups is 1. The number of hydrogen-bond donors (Lipinski definition) is 1. The van der Waals surface area contributed by atoms with Crippen molar-refractivity contribution in [3.63, 3.8) is 0 Å². The molecule has 1 aromatic rings. The lowest BCUT2D eigenvalue weighted by molar-refractivity contribution is -0.146. The van der Waals surface area contributed by atoms with Crippen molar-refractivity contribution in [3.8, 4) is 0 Å². The number of nitrogens with zero attached hydrogens (tertiary/aromatic N) is 4. The van der Waals surface area contributed by atoms with Crippen LogP contribution in [-0.2, 0) is 31.1 Å². The topological polar surface area (TPSA) is 119 Å². The standard InChI is InChI=1S/C20H24FN5O5S/c1-24(32(30,31)25-9-3-10-25)15-4-2-11-26-18(15)23-16(17(27)20(26)29)19(28)22-12-13-5-7-14(21)8-6-13/h5-8,15-16H,2-4,9-12H2,1H3,(H,22,28). The van der Waals surface area contributed by atoms with Crippen LogP contribution >= 0.6 is 0 Å². The molecule has 2 saturated heterocycles. The Balaban J connectivity index is 1.56. The Morgan fingerprint density at radius 2 is 1.88 bits per heavy atom. The Kier molecular flexibility index (Phi) is 6.10. The molecule has 172 valence electrons. The van der Waals surface area contributed by atoms with Crippen molar-refractivity contribution in [2.75, 3.05) is 26.7 Å². The van der Waals surface area contributed by atoms with E-state index in [4.69, 9.17) is 0 Å². The van der Waals surface area contributed by atoms with Crippen LogP contribution in [0.3, 0.4) is 0 Å². The molecule has 4 rings (SSSR count). The minimum Gasteiger partial charge on any atom is -0.350 e. The summed E-state index contributed by atoms with van der Waals surface area (Å²) in [6.07, 6.45) is 1.71. The van der Waals surface area contributed by atoms with Crippen molar-refractivity contribution < 1.29 is 27.2 Å². The fourth-order valence-electron chi connectivity index (χ4n) is 3.94. The predicted octanol–water partition coefficient (Wildman–Crippen LogP) is -0.335. The molecule has 0 spiro atoms. The maximum atomic E-state index is 13.0. The summed E-state index contributed by atoms with van der Waals surface area (Å²) in [6, 6.07) is 3.13. The number of Topliss-reactive ketones (excluding diaryl/α,β-unsaturated/α-hetero) is 1. The summed E-state index contributed by atoms with van der Waals surface area (Å²) >= 11 is 0. The average molecular weight is 466 g/mol. The number of benzene rings is 1. The SMILES string of the molecule is CN(C1CCCN2C(=O)C(=O)C(C(=O)NCc3ccc(F)cc3)N=C12)S(=O)(=O)N1CCC1. The zero-order chi connectivity index (χ0) is 23.0. The van der Waals surface area contributed by atoms with Crippen molar-refractivity contribution in [2.24, 2.45) is 4.99 Å². The van der Waals surface area contributed by atoms with Gasteiger partial charge >= 0.3 is 0 Å². The number of likely N-dealkylation sites (N-methyl/N-ethyl adjacent to an activating group) is 1. The van der Waals surface area contributed by atoms with Gasteiger partial charge in [-0.2, -0.15) is 17.0 Å². The van der Waals surface area contributed by atoms with Gasteiger partial charge in [0.05, 0.1) is 6.04 Å². The molecule has 0 aromatic heterocycles. The first-order chi connectivity index (χ1) is 15.2. The monoisotopic (exact) mass is 465 g/mol. The van der Waals surface area contributed by atoms with Crippen LogP contribution < -0.4 is 5.32 Å². The first-order valence-corrected chi connectivity index (χ1v) is 11.8. The predicted molar refractivity (Wildman–Crippen MR) is 112 cm³/mol. The maximum Gasteiger partial charge on any atom is 0.298 e. The molecule has 0 saturated carbocycles. The summed E-state index contributed by atoms with van der Waals surface area (Å²) in [5, 5.41) is 2.55. The van der Waals surface area contributed by atoms with Crippen LogP contribution in [0, 0.1) is 5.82 Å². The second-order valence-corrected chi connectivity index (χ2v) is 9.98. The van der Waals surface area contributed by atoms with Gasteiger partial charge in [-0.1, -0.05) is 12.1 Å². The summed E-state index contributed by atoms with van der Waals surface area (Å²) in [4.78, 5) is 43.4. The van der Waals surface area contributed by atoms with Gasteiger partial charge in [0.2, 0.25) is 0 Å². The van der Waals surface area contributed by atoms with Gasteiger partial charge in [-0.15, -0.1) is 0 Å². The average Bonchev–Trinajstić information content (AvgIpc) is 2.73. The fraction of sp³-hybridized carbons (Fsp3) is 0.500. The summed E-state index contributed by atoms with van der Waals surface area (Å²) < 4.78 is 41.3. The highest BCUT2D eigenvalue weighted by Gasteiger charge is 2.47. The molecular weight excluding hydrogens is 441 g/mol. The van der Waals surface area contributed by atoms with Crippen LogP contribution in [0.25, 0.3) is 0 Å². The molecule has 1 N–H and O–H groups in total. The van der Waals surface area contributed by atoms with Crippen molar-refractivity contribution in [3.05, 3.63) is 35.6 Å². The molecule has 3 heterocycles. The minimum atomic E-state index is -3.74. The molecule has 12 heteroatoms. The van der Waals surface area contributed by atoms with E-state index in [2.05, 4.69) is 10.3 Å². The smallest absolute Gasteiger partial charge is 0.298 e. The van der Waals surface area contributed by atoms with Gasteiger partial charge in [-0.05, 0) is 37.0 Å². The Morgan fingerprint density at radius 1 is 1.19 bits per heavy atom. The highest BCUT2D eigenvalue weighted by Crippen LogP contribution is 2.26. The van der Waals surface area contributed by atoms with E-state index in [9.17, 15) is 27.2 Å². The van der Waals surface area contributed by atoms with Crippen molar-refractivity contribution in [2.45, 2.75) is 37.9 Å². The number of aliphatic imine (C=N–C) groups is 1. The Bertz CT molecular complexity index is 1070. The zero-order valence-electron chi connectivity index (χ0n) is 17.5. The number of carbonyl (C=O) groups is 3. The van der Waals surface area contributed by atoms with Gasteiger partial charge in [0.1, 0.15) is 11.7 Å². The first-order valence-electron chi connectivity index (χ1n) is 10.4. The summed E-state index contributed by atoms with van der Waals surface area (Å²) in [6.45, 7) is 1.13. The minimum absolute atomic E-state index is 0.0261. The van der Waals surface area contributed by atoms with Crippen LogP contribution in [0.5, 0.6) is 0 Å². The number of halogens is 1.